The fourth-order valence-corrected chi connectivity index (χ4v) is 3.86. The molecule has 1 saturated carbocycles. The van der Waals surface area contributed by atoms with Crippen LogP contribution in [0.5, 0.6) is 0 Å². The van der Waals surface area contributed by atoms with Gasteiger partial charge < -0.3 is 9.73 Å². The first-order valence-corrected chi connectivity index (χ1v) is 10.1. The Morgan fingerprint density at radius 2 is 1.79 bits per heavy atom. The molecule has 4 rings (SSSR count). The molecule has 1 aliphatic carbocycles. The van der Waals surface area contributed by atoms with Gasteiger partial charge in [-0.2, -0.15) is 0 Å². The van der Waals surface area contributed by atoms with Crippen molar-refractivity contribution in [3.05, 3.63) is 71.9 Å². The van der Waals surface area contributed by atoms with Crippen LogP contribution in [0, 0.1) is 11.7 Å². The Kier molecular flexibility index (Phi) is 5.98. The summed E-state index contributed by atoms with van der Waals surface area (Å²) in [4.78, 5) is 12.6. The molecule has 0 aliphatic heterocycles. The SMILES string of the molecule is O=C(CCC1CCCC1)N[C@@H](c1ccc(F)cc1)c1nnc(-c2ccccc2)o1. The number of aromatic nitrogens is 2. The van der Waals surface area contributed by atoms with Crippen molar-refractivity contribution in [3.63, 3.8) is 0 Å². The van der Waals surface area contributed by atoms with E-state index >= 15 is 0 Å². The summed E-state index contributed by atoms with van der Waals surface area (Å²) in [7, 11) is 0. The van der Waals surface area contributed by atoms with E-state index in [1.54, 1.807) is 12.1 Å². The van der Waals surface area contributed by atoms with Gasteiger partial charge in [-0.1, -0.05) is 56.0 Å². The smallest absolute Gasteiger partial charge is 0.247 e. The minimum absolute atomic E-state index is 0.0642. The minimum Gasteiger partial charge on any atom is -0.418 e. The Bertz CT molecular complexity index is 934. The Morgan fingerprint density at radius 1 is 1.07 bits per heavy atom. The van der Waals surface area contributed by atoms with Crippen molar-refractivity contribution in [1.29, 1.82) is 0 Å². The van der Waals surface area contributed by atoms with Gasteiger partial charge in [-0.15, -0.1) is 10.2 Å². The first kappa shape index (κ1) is 19.3. The predicted molar refractivity (Wildman–Crippen MR) is 107 cm³/mol. The number of nitrogens with one attached hydrogen (secondary N) is 1. The Labute approximate surface area is 169 Å². The van der Waals surface area contributed by atoms with Crippen LogP contribution in [0.3, 0.4) is 0 Å². The lowest BCUT2D eigenvalue weighted by molar-refractivity contribution is -0.122. The van der Waals surface area contributed by atoms with Gasteiger partial charge in [0, 0.05) is 12.0 Å². The zero-order valence-electron chi connectivity index (χ0n) is 16.2. The topological polar surface area (TPSA) is 68.0 Å². The van der Waals surface area contributed by atoms with Crippen molar-refractivity contribution in [2.45, 2.75) is 44.6 Å². The van der Waals surface area contributed by atoms with Crippen molar-refractivity contribution < 1.29 is 13.6 Å². The fourth-order valence-electron chi connectivity index (χ4n) is 3.86. The zero-order chi connectivity index (χ0) is 20.1. The second kappa shape index (κ2) is 8.99. The molecule has 29 heavy (non-hydrogen) atoms. The lowest BCUT2D eigenvalue weighted by Crippen LogP contribution is -2.29. The third kappa shape index (κ3) is 4.88. The van der Waals surface area contributed by atoms with Gasteiger partial charge in [-0.25, -0.2) is 4.39 Å². The van der Waals surface area contributed by atoms with E-state index in [1.165, 1.54) is 37.8 Å². The zero-order valence-corrected chi connectivity index (χ0v) is 16.2. The summed E-state index contributed by atoms with van der Waals surface area (Å²) < 4.78 is 19.3. The van der Waals surface area contributed by atoms with Crippen molar-refractivity contribution in [3.8, 4) is 11.5 Å². The molecule has 0 spiro atoms. The Balaban J connectivity index is 1.53. The van der Waals surface area contributed by atoms with Gasteiger partial charge in [-0.05, 0) is 42.2 Å². The third-order valence-corrected chi connectivity index (χ3v) is 5.47. The quantitative estimate of drug-likeness (QED) is 0.610. The summed E-state index contributed by atoms with van der Waals surface area (Å²) in [6, 6.07) is 14.8. The summed E-state index contributed by atoms with van der Waals surface area (Å²) in [6.45, 7) is 0. The second-order valence-corrected chi connectivity index (χ2v) is 7.55. The van der Waals surface area contributed by atoms with Crippen molar-refractivity contribution in [1.82, 2.24) is 15.5 Å². The fraction of sp³-hybridized carbons (Fsp3) is 0.348. The minimum atomic E-state index is -0.614. The molecule has 1 atom stereocenters. The number of rotatable bonds is 7. The molecule has 0 bridgehead atoms. The number of amides is 1. The summed E-state index contributed by atoms with van der Waals surface area (Å²) in [5.74, 6) is 0.900. The van der Waals surface area contributed by atoms with Gasteiger partial charge in [0.2, 0.25) is 17.7 Å². The normalized spacial score (nSPS) is 15.3. The van der Waals surface area contributed by atoms with Crippen LogP contribution < -0.4 is 5.32 Å². The maximum Gasteiger partial charge on any atom is 0.247 e. The lowest BCUT2D eigenvalue weighted by Gasteiger charge is -2.16. The highest BCUT2D eigenvalue weighted by Crippen LogP contribution is 2.29. The average Bonchev–Trinajstić information content (AvgIpc) is 3.44. The summed E-state index contributed by atoms with van der Waals surface area (Å²) in [5.41, 5.74) is 1.50. The largest absolute Gasteiger partial charge is 0.418 e. The standard InChI is InChI=1S/C23H24FN3O2/c24-19-13-11-17(12-14-19)21(25-20(28)15-10-16-6-4-5-7-16)23-27-26-22(29-23)18-8-2-1-3-9-18/h1-3,8-9,11-14,16,21H,4-7,10,15H2,(H,25,28)/t21-/m0/s1. The molecule has 6 heteroatoms. The Hall–Kier alpha value is -3.02. The molecule has 150 valence electrons. The van der Waals surface area contributed by atoms with Crippen LogP contribution in [-0.4, -0.2) is 16.1 Å². The van der Waals surface area contributed by atoms with Crippen LogP contribution >= 0.6 is 0 Å². The van der Waals surface area contributed by atoms with Crippen LogP contribution in [0.4, 0.5) is 4.39 Å². The van der Waals surface area contributed by atoms with E-state index in [0.717, 1.165) is 12.0 Å². The molecule has 3 aromatic rings. The van der Waals surface area contributed by atoms with Gasteiger partial charge in [0.15, 0.2) is 0 Å². The van der Waals surface area contributed by atoms with E-state index < -0.39 is 6.04 Å². The van der Waals surface area contributed by atoms with E-state index in [0.29, 0.717) is 23.8 Å². The molecule has 1 amide bonds. The van der Waals surface area contributed by atoms with Gasteiger partial charge in [0.05, 0.1) is 0 Å². The van der Waals surface area contributed by atoms with Gasteiger partial charge in [-0.3, -0.25) is 4.79 Å². The molecule has 1 heterocycles. The average molecular weight is 393 g/mol. The first-order valence-electron chi connectivity index (χ1n) is 10.1. The number of carbonyl (C=O) groups is 1. The van der Waals surface area contributed by atoms with Gasteiger partial charge in [0.25, 0.3) is 0 Å². The number of carbonyl (C=O) groups excluding carboxylic acids is 1. The van der Waals surface area contributed by atoms with Crippen molar-refractivity contribution in [2.24, 2.45) is 5.92 Å². The maximum absolute atomic E-state index is 13.4. The molecule has 1 aromatic heterocycles. The second-order valence-electron chi connectivity index (χ2n) is 7.55. The molecular weight excluding hydrogens is 369 g/mol. The molecule has 1 N–H and O–H groups in total. The van der Waals surface area contributed by atoms with Crippen molar-refractivity contribution in [2.75, 3.05) is 0 Å². The molecule has 1 aliphatic rings. The molecule has 0 unspecified atom stereocenters. The summed E-state index contributed by atoms with van der Waals surface area (Å²) >= 11 is 0. The summed E-state index contributed by atoms with van der Waals surface area (Å²) in [5, 5.41) is 11.3. The number of nitrogens with zero attached hydrogens (tertiary/aromatic N) is 2. The molecule has 5 nitrogen and oxygen atoms in total. The number of hydrogen-bond acceptors (Lipinski definition) is 4. The first-order chi connectivity index (χ1) is 14.2. The van der Waals surface area contributed by atoms with Crippen LogP contribution in [0.2, 0.25) is 0 Å². The van der Waals surface area contributed by atoms with Gasteiger partial charge in [0.1, 0.15) is 11.9 Å². The van der Waals surface area contributed by atoms with Crippen LogP contribution in [0.15, 0.2) is 59.0 Å². The molecular formula is C23H24FN3O2. The highest BCUT2D eigenvalue weighted by Gasteiger charge is 2.24. The third-order valence-electron chi connectivity index (χ3n) is 5.47. The van der Waals surface area contributed by atoms with Gasteiger partial charge >= 0.3 is 0 Å². The number of benzene rings is 2. The number of halogens is 1. The van der Waals surface area contributed by atoms with E-state index in [2.05, 4.69) is 15.5 Å². The van der Waals surface area contributed by atoms with Crippen LogP contribution in [0.1, 0.15) is 56.0 Å². The molecule has 0 radical (unpaired) electrons. The summed E-state index contributed by atoms with van der Waals surface area (Å²) in [6.07, 6.45) is 6.28. The monoisotopic (exact) mass is 393 g/mol. The van der Waals surface area contributed by atoms with E-state index in [-0.39, 0.29) is 17.6 Å². The highest BCUT2D eigenvalue weighted by molar-refractivity contribution is 5.76. The highest BCUT2D eigenvalue weighted by atomic mass is 19.1. The molecule has 2 aromatic carbocycles. The van der Waals surface area contributed by atoms with Crippen LogP contribution in [0.25, 0.3) is 11.5 Å². The molecule has 0 saturated heterocycles. The molecule has 1 fully saturated rings. The number of hydrogen-bond donors (Lipinski definition) is 1. The van der Waals surface area contributed by atoms with E-state index in [4.69, 9.17) is 4.42 Å². The Morgan fingerprint density at radius 3 is 2.52 bits per heavy atom. The van der Waals surface area contributed by atoms with Crippen molar-refractivity contribution >= 4 is 5.91 Å². The van der Waals surface area contributed by atoms with Crippen LogP contribution in [-0.2, 0) is 4.79 Å². The van der Waals surface area contributed by atoms with E-state index in [1.807, 2.05) is 30.3 Å². The predicted octanol–water partition coefficient (Wildman–Crippen LogP) is 5.05. The maximum atomic E-state index is 13.4. The van der Waals surface area contributed by atoms with E-state index in [9.17, 15) is 9.18 Å². The lowest BCUT2D eigenvalue weighted by atomic mass is 10.0.